The smallest absolute Gasteiger partial charge is 0.136 e. The highest BCUT2D eigenvalue weighted by atomic mass is 15.0. The van der Waals surface area contributed by atoms with E-state index >= 15 is 0 Å². The van der Waals surface area contributed by atoms with Crippen molar-refractivity contribution >= 4 is 18.1 Å². The molecule has 0 bridgehead atoms. The van der Waals surface area contributed by atoms with Crippen LogP contribution in [0.2, 0.25) is 0 Å². The number of aliphatic imine (C=N–C) groups is 1. The normalized spacial score (nSPS) is 15.1. The van der Waals surface area contributed by atoms with Gasteiger partial charge in [-0.1, -0.05) is 19.4 Å². The minimum Gasteiger partial charge on any atom is -0.396 e. The van der Waals surface area contributed by atoms with Crippen molar-refractivity contribution in [2.45, 2.75) is 39.7 Å². The van der Waals surface area contributed by atoms with Gasteiger partial charge in [-0.05, 0) is 31.9 Å². The van der Waals surface area contributed by atoms with Crippen molar-refractivity contribution in [3.63, 3.8) is 0 Å². The van der Waals surface area contributed by atoms with Crippen molar-refractivity contribution in [3.05, 3.63) is 53.7 Å². The molecular formula is C21H36N8. The number of aromatic nitrogens is 2. The summed E-state index contributed by atoms with van der Waals surface area (Å²) in [6, 6.07) is 0.191. The standard InChI is InChI=1S/C21H36N8/c1-6-8-18(16(3)15-29-11-10-26-21(29)9-7-2)27-14-20(23)28-13-19(25-5)17(22)12-24-4/h7,9-13,15,18,24-25,27H,6,8,14,22H2,1-5H3,(H2,23,28)/b9-7-,16-15+,17-12-,19-13-. The van der Waals surface area contributed by atoms with E-state index in [4.69, 9.17) is 11.5 Å². The van der Waals surface area contributed by atoms with Crippen LogP contribution in [0.4, 0.5) is 0 Å². The predicted octanol–water partition coefficient (Wildman–Crippen LogP) is 1.97. The molecule has 8 nitrogen and oxygen atoms in total. The fourth-order valence-electron chi connectivity index (χ4n) is 2.74. The van der Waals surface area contributed by atoms with Crippen LogP contribution in [-0.4, -0.2) is 42.1 Å². The second kappa shape index (κ2) is 13.2. The largest absolute Gasteiger partial charge is 0.396 e. The Kier molecular flexibility index (Phi) is 11.0. The summed E-state index contributed by atoms with van der Waals surface area (Å²) in [5.41, 5.74) is 14.5. The number of hydrogen-bond donors (Lipinski definition) is 5. The molecule has 0 aromatic carbocycles. The molecule has 1 aromatic heterocycles. The lowest BCUT2D eigenvalue weighted by molar-refractivity contribution is 0.563. The van der Waals surface area contributed by atoms with E-state index in [1.807, 2.05) is 29.8 Å². The third-order valence-corrected chi connectivity index (χ3v) is 4.25. The zero-order valence-corrected chi connectivity index (χ0v) is 18.2. The summed E-state index contributed by atoms with van der Waals surface area (Å²) in [5.74, 6) is 1.39. The Bertz CT molecular complexity index is 767. The molecule has 0 aliphatic heterocycles. The molecule has 0 aliphatic rings. The van der Waals surface area contributed by atoms with E-state index in [0.29, 0.717) is 23.8 Å². The number of imidazole rings is 1. The highest BCUT2D eigenvalue weighted by Gasteiger charge is 2.11. The number of nitrogens with one attached hydrogen (secondary N) is 3. The average molecular weight is 401 g/mol. The van der Waals surface area contributed by atoms with Crippen LogP contribution in [0.5, 0.6) is 0 Å². The predicted molar refractivity (Wildman–Crippen MR) is 124 cm³/mol. The quantitative estimate of drug-likeness (QED) is 0.208. The maximum absolute atomic E-state index is 6.09. The molecule has 160 valence electrons. The summed E-state index contributed by atoms with van der Waals surface area (Å²) in [6.45, 7) is 6.74. The van der Waals surface area contributed by atoms with E-state index in [1.54, 1.807) is 32.7 Å². The third-order valence-electron chi connectivity index (χ3n) is 4.25. The number of allylic oxidation sites excluding steroid dienone is 1. The second-order valence-electron chi connectivity index (χ2n) is 6.59. The van der Waals surface area contributed by atoms with Crippen molar-refractivity contribution in [2.24, 2.45) is 16.5 Å². The molecule has 0 aliphatic carbocycles. The van der Waals surface area contributed by atoms with Gasteiger partial charge in [0.15, 0.2) is 0 Å². The SMILES string of the molecule is C/C=C\c1nccn1/C=C(\C)C(CCC)NCC(N)=N/C=C(NC)/C(N)=C/NC. The molecule has 7 N–H and O–H groups in total. The van der Waals surface area contributed by atoms with Crippen molar-refractivity contribution < 1.29 is 0 Å². The summed E-state index contributed by atoms with van der Waals surface area (Å²) < 4.78 is 2.02. The lowest BCUT2D eigenvalue weighted by Crippen LogP contribution is -2.37. The van der Waals surface area contributed by atoms with Crippen LogP contribution in [0.25, 0.3) is 12.3 Å². The van der Waals surface area contributed by atoms with E-state index in [-0.39, 0.29) is 6.04 Å². The van der Waals surface area contributed by atoms with Gasteiger partial charge in [0, 0.05) is 44.9 Å². The molecule has 0 spiro atoms. The van der Waals surface area contributed by atoms with Crippen LogP contribution in [0.3, 0.4) is 0 Å². The molecule has 1 atom stereocenters. The molecule has 29 heavy (non-hydrogen) atoms. The van der Waals surface area contributed by atoms with Gasteiger partial charge in [-0.2, -0.15) is 0 Å². The van der Waals surface area contributed by atoms with Crippen LogP contribution in [0.1, 0.15) is 39.4 Å². The van der Waals surface area contributed by atoms with Crippen LogP contribution in [0.15, 0.2) is 52.8 Å². The first-order valence-corrected chi connectivity index (χ1v) is 9.87. The number of nitrogens with two attached hydrogens (primary N) is 2. The fraction of sp³-hybridized carbons (Fsp3) is 0.429. The van der Waals surface area contributed by atoms with Crippen molar-refractivity contribution in [2.75, 3.05) is 20.6 Å². The summed E-state index contributed by atoms with van der Waals surface area (Å²) in [6.07, 6.45) is 15.2. The zero-order valence-electron chi connectivity index (χ0n) is 18.2. The summed E-state index contributed by atoms with van der Waals surface area (Å²) in [4.78, 5) is 8.67. The molecule has 1 rings (SSSR count). The molecule has 8 heteroatoms. The van der Waals surface area contributed by atoms with Gasteiger partial charge in [0.2, 0.25) is 0 Å². The molecule has 0 fully saturated rings. The minimum absolute atomic E-state index is 0.191. The molecule has 0 saturated carbocycles. The Balaban J connectivity index is 2.86. The maximum Gasteiger partial charge on any atom is 0.136 e. The van der Waals surface area contributed by atoms with Crippen LogP contribution >= 0.6 is 0 Å². The monoisotopic (exact) mass is 400 g/mol. The average Bonchev–Trinajstić information content (AvgIpc) is 3.12. The number of rotatable bonds is 12. The van der Waals surface area contributed by atoms with Crippen molar-refractivity contribution in [1.82, 2.24) is 25.5 Å². The molecule has 1 heterocycles. The fourth-order valence-corrected chi connectivity index (χ4v) is 2.74. The van der Waals surface area contributed by atoms with Crippen molar-refractivity contribution in [3.8, 4) is 0 Å². The Morgan fingerprint density at radius 1 is 1.34 bits per heavy atom. The third kappa shape index (κ3) is 8.27. The lowest BCUT2D eigenvalue weighted by Gasteiger charge is -2.19. The van der Waals surface area contributed by atoms with Crippen LogP contribution in [0, 0.1) is 0 Å². The number of amidine groups is 1. The van der Waals surface area contributed by atoms with Gasteiger partial charge >= 0.3 is 0 Å². The van der Waals surface area contributed by atoms with Crippen molar-refractivity contribution in [1.29, 1.82) is 0 Å². The molecule has 0 saturated heterocycles. The topological polar surface area (TPSA) is 118 Å². The first-order chi connectivity index (χ1) is 14.0. The Labute approximate surface area is 174 Å². The van der Waals surface area contributed by atoms with Gasteiger partial charge in [0.25, 0.3) is 0 Å². The lowest BCUT2D eigenvalue weighted by atomic mass is 10.0. The van der Waals surface area contributed by atoms with E-state index in [0.717, 1.165) is 18.7 Å². The first-order valence-electron chi connectivity index (χ1n) is 9.87. The van der Waals surface area contributed by atoms with E-state index in [1.165, 1.54) is 5.57 Å². The van der Waals surface area contributed by atoms with E-state index in [9.17, 15) is 0 Å². The van der Waals surface area contributed by atoms with Crippen LogP contribution in [-0.2, 0) is 0 Å². The van der Waals surface area contributed by atoms with Crippen LogP contribution < -0.4 is 27.4 Å². The van der Waals surface area contributed by atoms with E-state index in [2.05, 4.69) is 46.0 Å². The minimum atomic E-state index is 0.191. The van der Waals surface area contributed by atoms with Gasteiger partial charge in [-0.3, -0.25) is 0 Å². The van der Waals surface area contributed by atoms with Gasteiger partial charge < -0.3 is 32.0 Å². The van der Waals surface area contributed by atoms with Gasteiger partial charge in [-0.15, -0.1) is 0 Å². The zero-order chi connectivity index (χ0) is 21.6. The molecule has 1 unspecified atom stereocenters. The van der Waals surface area contributed by atoms with Gasteiger partial charge in [-0.25, -0.2) is 9.98 Å². The Hall–Kier alpha value is -3.00. The number of likely N-dealkylation sites (N-methyl/N-ethyl adjacent to an activating group) is 1. The summed E-state index contributed by atoms with van der Waals surface area (Å²) in [5, 5.41) is 9.39. The molecule has 1 aromatic rings. The Morgan fingerprint density at radius 3 is 2.72 bits per heavy atom. The highest BCUT2D eigenvalue weighted by Crippen LogP contribution is 2.12. The molecule has 0 amide bonds. The first kappa shape index (κ1) is 24.0. The van der Waals surface area contributed by atoms with Gasteiger partial charge in [0.05, 0.1) is 24.1 Å². The molecule has 0 radical (unpaired) electrons. The summed E-state index contributed by atoms with van der Waals surface area (Å²) in [7, 11) is 3.58. The highest BCUT2D eigenvalue weighted by molar-refractivity contribution is 5.83. The second-order valence-corrected chi connectivity index (χ2v) is 6.59. The maximum atomic E-state index is 6.09. The number of nitrogens with zero attached hydrogens (tertiary/aromatic N) is 3. The Morgan fingerprint density at radius 2 is 2.10 bits per heavy atom. The number of hydrogen-bond acceptors (Lipinski definition) is 6. The van der Waals surface area contributed by atoms with Gasteiger partial charge in [0.1, 0.15) is 11.7 Å². The molecular weight excluding hydrogens is 364 g/mol. The van der Waals surface area contributed by atoms with E-state index < -0.39 is 0 Å². The summed E-state index contributed by atoms with van der Waals surface area (Å²) >= 11 is 0.